The molecule has 0 spiro atoms. The van der Waals surface area contributed by atoms with Crippen LogP contribution in [0.15, 0.2) is 42.5 Å². The Hall–Kier alpha value is -3.11. The summed E-state index contributed by atoms with van der Waals surface area (Å²) in [5.74, 6) is -2.32. The summed E-state index contributed by atoms with van der Waals surface area (Å²) >= 11 is 0. The van der Waals surface area contributed by atoms with E-state index >= 15 is 0 Å². The van der Waals surface area contributed by atoms with Gasteiger partial charge in [0.1, 0.15) is 30.0 Å². The van der Waals surface area contributed by atoms with Crippen molar-refractivity contribution < 1.29 is 27.5 Å². The van der Waals surface area contributed by atoms with Gasteiger partial charge >= 0.3 is 12.0 Å². The summed E-state index contributed by atoms with van der Waals surface area (Å²) in [5.41, 5.74) is 8.89. The largest absolute Gasteiger partial charge is 0.458 e. The van der Waals surface area contributed by atoms with E-state index in [1.807, 2.05) is 25.1 Å². The number of hydrogen-bond acceptors (Lipinski definition) is 5. The average Bonchev–Trinajstić information content (AvgIpc) is 2.90. The summed E-state index contributed by atoms with van der Waals surface area (Å²) in [6.45, 7) is 4.59. The molecule has 0 aromatic heterocycles. The van der Waals surface area contributed by atoms with Crippen LogP contribution in [0.5, 0.6) is 0 Å². The van der Waals surface area contributed by atoms with Gasteiger partial charge in [0.2, 0.25) is 0 Å². The molecule has 0 aliphatic heterocycles. The van der Waals surface area contributed by atoms with Gasteiger partial charge in [0.15, 0.2) is 0 Å². The maximum absolute atomic E-state index is 14.6. The molecule has 5 N–H and O–H groups in total. The Morgan fingerprint density at radius 2 is 1.72 bits per heavy atom. The minimum Gasteiger partial charge on any atom is -0.458 e. The fraction of sp³-hybridized carbons (Fsp3) is 0.517. The maximum Gasteiger partial charge on any atom is 0.329 e. The van der Waals surface area contributed by atoms with E-state index in [9.17, 15) is 22.8 Å². The number of hydrogen-bond donors (Lipinski definition) is 4. The third kappa shape index (κ3) is 11.7. The maximum atomic E-state index is 14.6. The highest BCUT2D eigenvalue weighted by atomic mass is 19.1. The highest BCUT2D eigenvalue weighted by Crippen LogP contribution is 2.16. The number of carbonyl (C=O) groups excluding carboxylic acids is 2. The number of esters is 1. The van der Waals surface area contributed by atoms with Gasteiger partial charge in [-0.3, -0.25) is 0 Å². The van der Waals surface area contributed by atoms with Crippen molar-refractivity contribution in [3.05, 3.63) is 70.8 Å². The van der Waals surface area contributed by atoms with E-state index in [1.54, 1.807) is 0 Å². The van der Waals surface area contributed by atoms with E-state index in [0.717, 1.165) is 24.5 Å². The Labute approximate surface area is 229 Å². The van der Waals surface area contributed by atoms with Crippen LogP contribution < -0.4 is 21.7 Å². The fourth-order valence-electron chi connectivity index (χ4n) is 4.21. The van der Waals surface area contributed by atoms with Crippen LogP contribution in [0.4, 0.5) is 18.0 Å². The lowest BCUT2D eigenvalue weighted by molar-refractivity contribution is -0.153. The van der Waals surface area contributed by atoms with Gasteiger partial charge in [-0.2, -0.15) is 0 Å². The van der Waals surface area contributed by atoms with Gasteiger partial charge in [-0.05, 0) is 48.1 Å². The SMILES string of the molecule is CCCCC(F)C[C@@H](NC(=O)NC)C(=O)O[C@H](CNCc1cccc(CC)c1)[C@@H](N)Cc1cc(F)cc(F)c1. The zero-order valence-electron chi connectivity index (χ0n) is 22.9. The number of aryl methyl sites for hydroxylation is 1. The average molecular weight is 551 g/mol. The predicted molar refractivity (Wildman–Crippen MR) is 146 cm³/mol. The number of nitrogens with two attached hydrogens (primary N) is 1. The molecule has 216 valence electrons. The number of benzene rings is 2. The highest BCUT2D eigenvalue weighted by molar-refractivity contribution is 5.83. The molecule has 0 saturated carbocycles. The van der Waals surface area contributed by atoms with E-state index in [4.69, 9.17) is 10.5 Å². The highest BCUT2D eigenvalue weighted by Gasteiger charge is 2.30. The van der Waals surface area contributed by atoms with Gasteiger partial charge in [0, 0.05) is 38.7 Å². The predicted octanol–water partition coefficient (Wildman–Crippen LogP) is 4.31. The molecule has 2 rings (SSSR count). The molecule has 0 aliphatic carbocycles. The van der Waals surface area contributed by atoms with E-state index in [-0.39, 0.29) is 25.8 Å². The summed E-state index contributed by atoms with van der Waals surface area (Å²) in [6, 6.07) is 8.38. The molecule has 39 heavy (non-hydrogen) atoms. The number of halogens is 3. The van der Waals surface area contributed by atoms with Gasteiger partial charge in [0.05, 0.1) is 0 Å². The summed E-state index contributed by atoms with van der Waals surface area (Å²) in [4.78, 5) is 25.1. The zero-order chi connectivity index (χ0) is 28.8. The number of ether oxygens (including phenoxy) is 1. The molecule has 1 unspecified atom stereocenters. The van der Waals surface area contributed by atoms with Crippen molar-refractivity contribution in [3.63, 3.8) is 0 Å². The van der Waals surface area contributed by atoms with Gasteiger partial charge in [-0.15, -0.1) is 0 Å². The number of amides is 2. The lowest BCUT2D eigenvalue weighted by Crippen LogP contribution is -2.51. The van der Waals surface area contributed by atoms with Crippen molar-refractivity contribution in [2.24, 2.45) is 5.73 Å². The third-order valence-electron chi connectivity index (χ3n) is 6.39. The van der Waals surface area contributed by atoms with E-state index in [2.05, 4.69) is 28.9 Å². The summed E-state index contributed by atoms with van der Waals surface area (Å²) in [6.07, 6.45) is 0.105. The zero-order valence-corrected chi connectivity index (χ0v) is 22.9. The van der Waals surface area contributed by atoms with Gasteiger partial charge < -0.3 is 26.4 Å². The normalized spacial score (nSPS) is 14.2. The molecule has 0 aliphatic rings. The second kappa shape index (κ2) is 16.8. The number of urea groups is 1. The topological polar surface area (TPSA) is 105 Å². The fourth-order valence-corrected chi connectivity index (χ4v) is 4.21. The molecule has 4 atom stereocenters. The van der Waals surface area contributed by atoms with Crippen molar-refractivity contribution in [3.8, 4) is 0 Å². The first-order valence-corrected chi connectivity index (χ1v) is 13.5. The minimum atomic E-state index is -1.31. The van der Waals surface area contributed by atoms with Crippen molar-refractivity contribution in [1.82, 2.24) is 16.0 Å². The Morgan fingerprint density at radius 3 is 2.36 bits per heavy atom. The van der Waals surface area contributed by atoms with E-state index < -0.39 is 48.0 Å². The quantitative estimate of drug-likeness (QED) is 0.233. The second-order valence-electron chi connectivity index (χ2n) is 9.68. The van der Waals surface area contributed by atoms with E-state index in [0.29, 0.717) is 18.5 Å². The van der Waals surface area contributed by atoms with Crippen molar-refractivity contribution in [1.29, 1.82) is 0 Å². The number of rotatable bonds is 16. The van der Waals surface area contributed by atoms with Crippen molar-refractivity contribution in [2.75, 3.05) is 13.6 Å². The Balaban J connectivity index is 2.18. The molecule has 10 heteroatoms. The van der Waals surface area contributed by atoms with Crippen molar-refractivity contribution >= 4 is 12.0 Å². The molecular formula is C29H41F3N4O3. The van der Waals surface area contributed by atoms with Gasteiger partial charge in [-0.1, -0.05) is 51.0 Å². The molecule has 2 aromatic carbocycles. The summed E-state index contributed by atoms with van der Waals surface area (Å²) in [5, 5.41) is 8.04. The van der Waals surface area contributed by atoms with E-state index in [1.165, 1.54) is 24.7 Å². The lowest BCUT2D eigenvalue weighted by atomic mass is 10.0. The summed E-state index contributed by atoms with van der Waals surface area (Å²) in [7, 11) is 1.38. The minimum absolute atomic E-state index is 0.0232. The molecular weight excluding hydrogens is 509 g/mol. The molecule has 0 bridgehead atoms. The van der Waals surface area contributed by atoms with Crippen LogP contribution in [0.1, 0.15) is 56.2 Å². The number of alkyl halides is 1. The van der Waals surface area contributed by atoms with Crippen LogP contribution in [0, 0.1) is 11.6 Å². The van der Waals surface area contributed by atoms with Crippen molar-refractivity contribution in [2.45, 2.75) is 83.3 Å². The standard InChI is InChI=1S/C29H41F3N4O3/c1-4-6-10-22(30)16-26(36-29(38)34-3)28(37)39-27(18-35-17-20-9-7-8-19(5-2)11-20)25(33)14-21-12-23(31)15-24(32)13-21/h7-9,11-13,15,22,25-27,35H,4-6,10,14,16-18,33H2,1-3H3,(H2,34,36,38)/t22?,25-,26+,27+/m0/s1. The van der Waals surface area contributed by atoms with Crippen LogP contribution in [-0.2, 0) is 28.9 Å². The molecule has 0 heterocycles. The number of nitrogens with one attached hydrogen (secondary N) is 3. The van der Waals surface area contributed by atoms with Gasteiger partial charge in [0.25, 0.3) is 0 Å². The first-order valence-electron chi connectivity index (χ1n) is 13.5. The first-order chi connectivity index (χ1) is 18.6. The molecule has 0 saturated heterocycles. The van der Waals surface area contributed by atoms with Crippen LogP contribution in [0.2, 0.25) is 0 Å². The van der Waals surface area contributed by atoms with Crippen LogP contribution in [-0.4, -0.2) is 50.0 Å². The van der Waals surface area contributed by atoms with Gasteiger partial charge in [-0.25, -0.2) is 22.8 Å². The smallest absolute Gasteiger partial charge is 0.329 e. The molecule has 0 radical (unpaired) electrons. The molecule has 2 aromatic rings. The number of unbranched alkanes of at least 4 members (excludes halogenated alkanes) is 1. The number of carbonyl (C=O) groups is 2. The Bertz CT molecular complexity index is 1040. The van der Waals surface area contributed by atoms with Crippen LogP contribution >= 0.6 is 0 Å². The molecule has 2 amide bonds. The third-order valence-corrected chi connectivity index (χ3v) is 6.39. The molecule has 7 nitrogen and oxygen atoms in total. The Kier molecular flexibility index (Phi) is 13.8. The van der Waals surface area contributed by atoms with Crippen LogP contribution in [0.3, 0.4) is 0 Å². The summed E-state index contributed by atoms with van der Waals surface area (Å²) < 4.78 is 47.8. The molecule has 0 fully saturated rings. The monoisotopic (exact) mass is 550 g/mol. The lowest BCUT2D eigenvalue weighted by Gasteiger charge is -2.27. The first kappa shape index (κ1) is 32.1. The van der Waals surface area contributed by atoms with Crippen LogP contribution in [0.25, 0.3) is 0 Å². The second-order valence-corrected chi connectivity index (χ2v) is 9.68. The Morgan fingerprint density at radius 1 is 1.03 bits per heavy atom.